The van der Waals surface area contributed by atoms with E-state index in [2.05, 4.69) is 10.6 Å². The summed E-state index contributed by atoms with van der Waals surface area (Å²) in [6.45, 7) is 1.34. The SMILES string of the molecule is O=C(Nc1cccc(NC(=O)C2CCCCC2)c1)c1ccc(OCC2CCCO2)cc1. The number of rotatable bonds is 7. The molecule has 2 N–H and O–H groups in total. The van der Waals surface area contributed by atoms with Crippen molar-refractivity contribution < 1.29 is 19.1 Å². The zero-order valence-electron chi connectivity index (χ0n) is 17.8. The van der Waals surface area contributed by atoms with Crippen molar-refractivity contribution in [2.45, 2.75) is 51.0 Å². The monoisotopic (exact) mass is 422 g/mol. The molecule has 1 saturated carbocycles. The lowest BCUT2D eigenvalue weighted by atomic mass is 9.88. The van der Waals surface area contributed by atoms with E-state index >= 15 is 0 Å². The van der Waals surface area contributed by atoms with Gasteiger partial charge in [-0.2, -0.15) is 0 Å². The Balaban J connectivity index is 1.30. The van der Waals surface area contributed by atoms with Gasteiger partial charge >= 0.3 is 0 Å². The molecular formula is C25H30N2O4. The van der Waals surface area contributed by atoms with Crippen molar-refractivity contribution in [2.75, 3.05) is 23.8 Å². The van der Waals surface area contributed by atoms with Crippen molar-refractivity contribution >= 4 is 23.2 Å². The summed E-state index contributed by atoms with van der Waals surface area (Å²) >= 11 is 0. The minimum Gasteiger partial charge on any atom is -0.491 e. The number of carbonyl (C=O) groups is 2. The molecule has 6 heteroatoms. The Morgan fingerprint density at radius 3 is 2.35 bits per heavy atom. The van der Waals surface area contributed by atoms with Gasteiger partial charge in [-0.25, -0.2) is 0 Å². The Morgan fingerprint density at radius 2 is 1.65 bits per heavy atom. The van der Waals surface area contributed by atoms with E-state index < -0.39 is 0 Å². The van der Waals surface area contributed by atoms with Crippen LogP contribution in [0.3, 0.4) is 0 Å². The topological polar surface area (TPSA) is 76.7 Å². The fourth-order valence-corrected chi connectivity index (χ4v) is 4.15. The average Bonchev–Trinajstić information content (AvgIpc) is 3.32. The van der Waals surface area contributed by atoms with Crippen LogP contribution in [0.4, 0.5) is 11.4 Å². The molecule has 4 rings (SSSR count). The van der Waals surface area contributed by atoms with Crippen LogP contribution < -0.4 is 15.4 Å². The zero-order chi connectivity index (χ0) is 21.5. The molecule has 1 aliphatic carbocycles. The summed E-state index contributed by atoms with van der Waals surface area (Å²) in [6, 6.07) is 14.4. The first-order chi connectivity index (χ1) is 15.2. The Labute approximate surface area is 183 Å². The predicted octanol–water partition coefficient (Wildman–Crippen LogP) is 5.02. The number of ether oxygens (including phenoxy) is 2. The minimum atomic E-state index is -0.207. The molecule has 0 spiro atoms. The summed E-state index contributed by atoms with van der Waals surface area (Å²) in [5.41, 5.74) is 1.89. The smallest absolute Gasteiger partial charge is 0.255 e. The number of nitrogens with one attached hydrogen (secondary N) is 2. The van der Waals surface area contributed by atoms with Gasteiger partial charge in [0.1, 0.15) is 12.4 Å². The molecule has 1 saturated heterocycles. The number of anilines is 2. The van der Waals surface area contributed by atoms with Crippen LogP contribution in [-0.2, 0) is 9.53 Å². The second kappa shape index (κ2) is 10.4. The third-order valence-electron chi connectivity index (χ3n) is 5.94. The maximum atomic E-state index is 12.6. The van der Waals surface area contributed by atoms with E-state index in [1.807, 2.05) is 18.2 Å². The van der Waals surface area contributed by atoms with E-state index in [1.54, 1.807) is 30.3 Å². The van der Waals surface area contributed by atoms with Gasteiger partial charge in [0.05, 0.1) is 6.10 Å². The highest BCUT2D eigenvalue weighted by Crippen LogP contribution is 2.26. The normalized spacial score (nSPS) is 19.0. The molecule has 2 aromatic rings. The van der Waals surface area contributed by atoms with E-state index in [0.29, 0.717) is 23.5 Å². The molecule has 2 aromatic carbocycles. The number of amides is 2. The van der Waals surface area contributed by atoms with E-state index in [-0.39, 0.29) is 23.8 Å². The van der Waals surface area contributed by atoms with Crippen LogP contribution in [0.2, 0.25) is 0 Å². The van der Waals surface area contributed by atoms with Gasteiger partial charge in [0.2, 0.25) is 5.91 Å². The molecule has 0 radical (unpaired) electrons. The van der Waals surface area contributed by atoms with Crippen molar-refractivity contribution in [3.63, 3.8) is 0 Å². The molecule has 31 heavy (non-hydrogen) atoms. The van der Waals surface area contributed by atoms with Crippen LogP contribution >= 0.6 is 0 Å². The summed E-state index contributed by atoms with van der Waals surface area (Å²) in [4.78, 5) is 25.1. The van der Waals surface area contributed by atoms with Crippen molar-refractivity contribution in [3.8, 4) is 5.75 Å². The minimum absolute atomic E-state index is 0.0711. The van der Waals surface area contributed by atoms with Crippen LogP contribution in [0.1, 0.15) is 55.3 Å². The average molecular weight is 423 g/mol. The lowest BCUT2D eigenvalue weighted by Crippen LogP contribution is -2.24. The molecule has 2 aliphatic rings. The van der Waals surface area contributed by atoms with E-state index in [0.717, 1.165) is 50.9 Å². The van der Waals surface area contributed by atoms with Crippen molar-refractivity contribution in [3.05, 3.63) is 54.1 Å². The second-order valence-corrected chi connectivity index (χ2v) is 8.33. The van der Waals surface area contributed by atoms with Crippen LogP contribution in [0.15, 0.2) is 48.5 Å². The van der Waals surface area contributed by atoms with Crippen molar-refractivity contribution in [2.24, 2.45) is 5.92 Å². The second-order valence-electron chi connectivity index (χ2n) is 8.33. The molecule has 1 aliphatic heterocycles. The maximum Gasteiger partial charge on any atom is 0.255 e. The summed E-state index contributed by atoms with van der Waals surface area (Å²) < 4.78 is 11.3. The van der Waals surface area contributed by atoms with Gasteiger partial charge < -0.3 is 20.1 Å². The van der Waals surface area contributed by atoms with Gasteiger partial charge in [0.15, 0.2) is 0 Å². The third kappa shape index (κ3) is 6.07. The summed E-state index contributed by atoms with van der Waals surface area (Å²) in [5.74, 6) is 0.677. The molecule has 1 unspecified atom stereocenters. The molecule has 0 bridgehead atoms. The Hall–Kier alpha value is -2.86. The van der Waals surface area contributed by atoms with Gasteiger partial charge in [-0.05, 0) is 68.1 Å². The Morgan fingerprint density at radius 1 is 0.903 bits per heavy atom. The molecule has 164 valence electrons. The zero-order valence-corrected chi connectivity index (χ0v) is 17.8. The summed E-state index contributed by atoms with van der Waals surface area (Å²) in [7, 11) is 0. The van der Waals surface area contributed by atoms with Crippen LogP contribution in [-0.4, -0.2) is 31.1 Å². The number of carbonyl (C=O) groups excluding carboxylic acids is 2. The number of hydrogen-bond acceptors (Lipinski definition) is 4. The molecule has 1 heterocycles. The Bertz CT molecular complexity index is 885. The summed E-state index contributed by atoms with van der Waals surface area (Å²) in [6.07, 6.45) is 7.63. The lowest BCUT2D eigenvalue weighted by Gasteiger charge is -2.20. The maximum absolute atomic E-state index is 12.6. The van der Waals surface area contributed by atoms with Crippen LogP contribution in [0.5, 0.6) is 5.75 Å². The van der Waals surface area contributed by atoms with Gasteiger partial charge in [0.25, 0.3) is 5.91 Å². The van der Waals surface area contributed by atoms with Gasteiger partial charge in [-0.1, -0.05) is 25.3 Å². The van der Waals surface area contributed by atoms with Crippen molar-refractivity contribution in [1.29, 1.82) is 0 Å². The Kier molecular flexibility index (Phi) is 7.20. The molecular weight excluding hydrogens is 392 g/mol. The number of benzene rings is 2. The van der Waals surface area contributed by atoms with E-state index in [1.165, 1.54) is 6.42 Å². The number of hydrogen-bond donors (Lipinski definition) is 2. The molecule has 1 atom stereocenters. The van der Waals surface area contributed by atoms with E-state index in [9.17, 15) is 9.59 Å². The van der Waals surface area contributed by atoms with Crippen LogP contribution in [0, 0.1) is 5.92 Å². The predicted molar refractivity (Wildman–Crippen MR) is 121 cm³/mol. The molecule has 6 nitrogen and oxygen atoms in total. The quantitative estimate of drug-likeness (QED) is 0.657. The largest absolute Gasteiger partial charge is 0.491 e. The van der Waals surface area contributed by atoms with Gasteiger partial charge in [0, 0.05) is 29.5 Å². The molecule has 2 fully saturated rings. The molecule has 2 amide bonds. The highest BCUT2D eigenvalue weighted by molar-refractivity contribution is 6.04. The third-order valence-corrected chi connectivity index (χ3v) is 5.94. The fourth-order valence-electron chi connectivity index (χ4n) is 4.15. The van der Waals surface area contributed by atoms with E-state index in [4.69, 9.17) is 9.47 Å². The van der Waals surface area contributed by atoms with Gasteiger partial charge in [-0.3, -0.25) is 9.59 Å². The highest BCUT2D eigenvalue weighted by Gasteiger charge is 2.21. The van der Waals surface area contributed by atoms with Crippen molar-refractivity contribution in [1.82, 2.24) is 0 Å². The molecule has 0 aromatic heterocycles. The standard InChI is InChI=1S/C25H30N2O4/c28-24(18-6-2-1-3-7-18)26-20-8-4-9-21(16-20)27-25(29)19-11-13-22(14-12-19)31-17-23-10-5-15-30-23/h4,8-9,11-14,16,18,23H,1-3,5-7,10,15,17H2,(H,26,28)(H,27,29). The lowest BCUT2D eigenvalue weighted by molar-refractivity contribution is -0.120. The first-order valence-electron chi connectivity index (χ1n) is 11.2. The first-order valence-corrected chi connectivity index (χ1v) is 11.2. The summed E-state index contributed by atoms with van der Waals surface area (Å²) in [5, 5.41) is 5.89. The highest BCUT2D eigenvalue weighted by atomic mass is 16.5. The van der Waals surface area contributed by atoms with Gasteiger partial charge in [-0.15, -0.1) is 0 Å². The fraction of sp³-hybridized carbons (Fsp3) is 0.440. The first kappa shape index (κ1) is 21.4. The van der Waals surface area contributed by atoms with Crippen LogP contribution in [0.25, 0.3) is 0 Å².